The summed E-state index contributed by atoms with van der Waals surface area (Å²) in [6, 6.07) is 1.92. The Morgan fingerprint density at radius 1 is 1.29 bits per heavy atom. The molecule has 4 heterocycles. The van der Waals surface area contributed by atoms with Crippen LogP contribution in [0.25, 0.3) is 0 Å². The fourth-order valence-corrected chi connectivity index (χ4v) is 6.67. The normalized spacial score (nSPS) is 18.6. The van der Waals surface area contributed by atoms with Gasteiger partial charge in [-0.15, -0.1) is 34.9 Å². The molecule has 2 aromatic heterocycles. The van der Waals surface area contributed by atoms with Crippen LogP contribution < -0.4 is 16.7 Å². The number of nitrogens with two attached hydrogens (primary N) is 1. The van der Waals surface area contributed by atoms with Crippen molar-refractivity contribution in [1.29, 1.82) is 0 Å². The van der Waals surface area contributed by atoms with E-state index in [1.54, 1.807) is 26.8 Å². The monoisotopic (exact) mass is 637 g/mol. The van der Waals surface area contributed by atoms with Crippen LogP contribution in [0.2, 0.25) is 0 Å². The van der Waals surface area contributed by atoms with E-state index in [1.165, 1.54) is 53.2 Å². The molecule has 2 aromatic rings. The first-order valence-corrected chi connectivity index (χ1v) is 15.2. The topological polar surface area (TPSA) is 193 Å². The first-order valence-electron chi connectivity index (χ1n) is 12.3. The minimum atomic E-state index is -0.991. The van der Waals surface area contributed by atoms with Gasteiger partial charge in [-0.1, -0.05) is 5.16 Å². The number of nitrogen functional groups attached to an aromatic ring is 1. The number of esters is 2. The van der Waals surface area contributed by atoms with Crippen molar-refractivity contribution >= 4 is 69.5 Å². The molecule has 4 rings (SSSR count). The second kappa shape index (κ2) is 13.0. The predicted octanol–water partition coefficient (Wildman–Crippen LogP) is 1.57. The molecule has 0 radical (unpaired) electrons. The number of β-lactam (4-membered cyclic amide) rings is 1. The van der Waals surface area contributed by atoms with Crippen LogP contribution in [0.1, 0.15) is 26.5 Å². The summed E-state index contributed by atoms with van der Waals surface area (Å²) < 4.78 is 15.0. The molecule has 14 nitrogen and oxygen atoms in total. The van der Waals surface area contributed by atoms with E-state index in [9.17, 15) is 24.0 Å². The summed E-state index contributed by atoms with van der Waals surface area (Å²) in [5, 5.41) is 7.48. The van der Waals surface area contributed by atoms with Crippen molar-refractivity contribution in [2.45, 2.75) is 37.1 Å². The quantitative estimate of drug-likeness (QED) is 0.0953. The third kappa shape index (κ3) is 6.96. The second-order valence-corrected chi connectivity index (χ2v) is 12.9. The Hall–Kier alpha value is -3.83. The Bertz CT molecular complexity index is 1510. The number of anilines is 1. The van der Waals surface area contributed by atoms with Gasteiger partial charge in [0.1, 0.15) is 29.9 Å². The fourth-order valence-electron chi connectivity index (χ4n) is 3.73. The summed E-state index contributed by atoms with van der Waals surface area (Å²) in [6.07, 6.45) is 1.26. The number of amides is 2. The van der Waals surface area contributed by atoms with Crippen LogP contribution in [0, 0.1) is 5.41 Å². The maximum absolute atomic E-state index is 13.4. The second-order valence-electron chi connectivity index (χ2n) is 9.81. The lowest BCUT2D eigenvalue weighted by Gasteiger charge is -2.49. The van der Waals surface area contributed by atoms with Gasteiger partial charge in [-0.2, -0.15) is 0 Å². The summed E-state index contributed by atoms with van der Waals surface area (Å²) >= 11 is 3.71. The highest BCUT2D eigenvalue weighted by Crippen LogP contribution is 2.42. The zero-order chi connectivity index (χ0) is 30.6. The molecule has 3 N–H and O–H groups in total. The summed E-state index contributed by atoms with van der Waals surface area (Å²) in [5.74, 6) is -2.17. The van der Waals surface area contributed by atoms with Crippen LogP contribution in [-0.2, 0) is 33.5 Å². The van der Waals surface area contributed by atoms with Gasteiger partial charge in [-0.05, 0) is 32.4 Å². The van der Waals surface area contributed by atoms with E-state index in [0.717, 1.165) is 11.3 Å². The number of nitrogens with zero attached hydrogens (tertiary/aromatic N) is 3. The lowest BCUT2D eigenvalue weighted by Crippen LogP contribution is -2.71. The number of rotatable bonds is 10. The van der Waals surface area contributed by atoms with Crippen LogP contribution in [0.15, 0.2) is 54.3 Å². The molecule has 0 bridgehead atoms. The van der Waals surface area contributed by atoms with Crippen LogP contribution >= 0.6 is 34.9 Å². The summed E-state index contributed by atoms with van der Waals surface area (Å²) in [4.78, 5) is 74.0. The third-order valence-electron chi connectivity index (χ3n) is 5.77. The van der Waals surface area contributed by atoms with Crippen LogP contribution in [0.3, 0.4) is 0 Å². The van der Waals surface area contributed by atoms with Crippen molar-refractivity contribution in [3.8, 4) is 0 Å². The predicted molar refractivity (Wildman–Crippen MR) is 154 cm³/mol. The number of ether oxygens (including phenoxy) is 2. The molecule has 0 aliphatic carbocycles. The van der Waals surface area contributed by atoms with E-state index < -0.39 is 53.0 Å². The van der Waals surface area contributed by atoms with Crippen molar-refractivity contribution in [2.24, 2.45) is 10.6 Å². The van der Waals surface area contributed by atoms with Gasteiger partial charge in [0, 0.05) is 27.8 Å². The Kier molecular flexibility index (Phi) is 9.63. The minimum Gasteiger partial charge on any atom is -0.431 e. The van der Waals surface area contributed by atoms with Gasteiger partial charge < -0.3 is 29.8 Å². The average molecular weight is 638 g/mol. The number of carbonyl (C=O) groups excluding carboxylic acids is 4. The Morgan fingerprint density at radius 3 is 2.69 bits per heavy atom. The Morgan fingerprint density at radius 2 is 2.05 bits per heavy atom. The number of nitrogens with one attached hydrogen (secondary N) is 1. The number of thiazole rings is 1. The molecule has 0 unspecified atom stereocenters. The molecule has 224 valence electrons. The SMILES string of the molecule is CON=C(C(=O)N[C@@H]1C(=O)N2C(C(=O)OCOC(=O)C(C)(C)C)=C(CSc3ccoc(=O)c3)CS[C@@H]12)c1csc(N)n1. The lowest BCUT2D eigenvalue weighted by atomic mass is 9.98. The van der Waals surface area contributed by atoms with Crippen molar-refractivity contribution in [1.82, 2.24) is 15.2 Å². The minimum absolute atomic E-state index is 0.0189. The maximum atomic E-state index is 13.4. The summed E-state index contributed by atoms with van der Waals surface area (Å²) in [7, 11) is 1.26. The highest BCUT2D eigenvalue weighted by atomic mass is 32.2. The average Bonchev–Trinajstić information content (AvgIpc) is 3.37. The molecular weight excluding hydrogens is 611 g/mol. The summed E-state index contributed by atoms with van der Waals surface area (Å²) in [5.41, 5.74) is 4.89. The number of hydrogen-bond acceptors (Lipinski definition) is 15. The number of aromatic nitrogens is 1. The first-order chi connectivity index (χ1) is 19.9. The van der Waals surface area contributed by atoms with Gasteiger partial charge in [-0.3, -0.25) is 19.3 Å². The zero-order valence-corrected chi connectivity index (χ0v) is 25.4. The molecule has 2 atom stereocenters. The van der Waals surface area contributed by atoms with Crippen LogP contribution in [-0.4, -0.2) is 76.2 Å². The number of fused-ring (bicyclic) bond motifs is 1. The number of carbonyl (C=O) groups is 4. The van der Waals surface area contributed by atoms with E-state index in [1.807, 2.05) is 0 Å². The molecule has 1 fully saturated rings. The molecule has 0 spiro atoms. The lowest BCUT2D eigenvalue weighted by molar-refractivity contribution is -0.173. The van der Waals surface area contributed by atoms with Gasteiger partial charge in [0.15, 0.2) is 10.8 Å². The zero-order valence-electron chi connectivity index (χ0n) is 22.9. The van der Waals surface area contributed by atoms with Gasteiger partial charge in [0.05, 0.1) is 11.7 Å². The van der Waals surface area contributed by atoms with E-state index >= 15 is 0 Å². The summed E-state index contributed by atoms with van der Waals surface area (Å²) in [6.45, 7) is 4.32. The van der Waals surface area contributed by atoms with Crippen molar-refractivity contribution in [3.05, 3.63) is 51.2 Å². The molecule has 1 saturated heterocycles. The Balaban J connectivity index is 1.53. The van der Waals surface area contributed by atoms with E-state index in [-0.39, 0.29) is 28.0 Å². The molecular formula is C25H27N5O9S3. The van der Waals surface area contributed by atoms with Crippen LogP contribution in [0.5, 0.6) is 0 Å². The van der Waals surface area contributed by atoms with E-state index in [4.69, 9.17) is 24.5 Å². The standard InChI is InChI=1S/C25H27N5O9S3/c1-25(2,3)23(35)39-11-38-22(34)18-12(8-40-13-5-6-37-15(31)7-13)9-41-21-17(20(33)30(18)21)28-19(32)16(29-36-4)14-10-42-24(26)27-14/h5-7,10,17,21H,8-9,11H2,1-4H3,(H2,26,27)(H,28,32)/t17-,21+/m1/s1. The Labute approximate surface area is 252 Å². The third-order valence-corrected chi connectivity index (χ3v) is 8.87. The van der Waals surface area contributed by atoms with Gasteiger partial charge >= 0.3 is 17.6 Å². The number of oxime groups is 1. The molecule has 2 aliphatic heterocycles. The van der Waals surface area contributed by atoms with Crippen molar-refractivity contribution < 1.29 is 37.9 Å². The molecule has 0 saturated carbocycles. The molecule has 42 heavy (non-hydrogen) atoms. The smallest absolute Gasteiger partial charge is 0.357 e. The maximum Gasteiger partial charge on any atom is 0.357 e. The van der Waals surface area contributed by atoms with Gasteiger partial charge in [0.25, 0.3) is 11.8 Å². The van der Waals surface area contributed by atoms with Crippen molar-refractivity contribution in [3.63, 3.8) is 0 Å². The number of hydrogen-bond donors (Lipinski definition) is 2. The fraction of sp³-hybridized carbons (Fsp3) is 0.400. The van der Waals surface area contributed by atoms with Crippen LogP contribution in [0.4, 0.5) is 5.13 Å². The first kappa shape index (κ1) is 31.1. The molecule has 0 aromatic carbocycles. The highest BCUT2D eigenvalue weighted by molar-refractivity contribution is 8.01. The van der Waals surface area contributed by atoms with Gasteiger partial charge in [-0.25, -0.2) is 14.6 Å². The molecule has 2 aliphatic rings. The molecule has 17 heteroatoms. The van der Waals surface area contributed by atoms with E-state index in [0.29, 0.717) is 16.2 Å². The highest BCUT2D eigenvalue weighted by Gasteiger charge is 2.54. The number of thioether (sulfide) groups is 2. The van der Waals surface area contributed by atoms with Crippen molar-refractivity contribution in [2.75, 3.05) is 31.1 Å². The molecule has 2 amide bonds. The van der Waals surface area contributed by atoms with E-state index in [2.05, 4.69) is 15.5 Å². The largest absolute Gasteiger partial charge is 0.431 e. The van der Waals surface area contributed by atoms with Gasteiger partial charge in [0.2, 0.25) is 6.79 Å².